The van der Waals surface area contributed by atoms with Crippen LogP contribution in [0.25, 0.3) is 11.2 Å². The molecule has 2 fully saturated rings. The molecule has 3 heterocycles. The van der Waals surface area contributed by atoms with Gasteiger partial charge in [0.1, 0.15) is 12.4 Å². The number of amides is 1. The fourth-order valence-corrected chi connectivity index (χ4v) is 4.04. The lowest BCUT2D eigenvalue weighted by molar-refractivity contribution is -0.134. The molecular formula is C20H23N7O3. The Morgan fingerprint density at radius 2 is 2.07 bits per heavy atom. The molecule has 0 radical (unpaired) electrons. The molecule has 1 saturated carbocycles. The number of carbonyl (C=O) groups is 1. The largest absolute Gasteiger partial charge is 0.387 e. The van der Waals surface area contributed by atoms with Crippen molar-refractivity contribution < 1.29 is 14.6 Å². The standard InChI is InChI=1S/C20H23N7O3/c1-22-19(29)16-13(21)15(28)20(30-16)27-9-25-14-17(23-8-24-18(14)27)26-12-7-11(12)10-5-3-2-4-6-10/h2-6,8-9,11-13,15-16,20,28H,7,21H2,1H3,(H,22,29)(H,23,24,26)/t11?,12?,13-,15+,16-,20+/m0/s1. The summed E-state index contributed by atoms with van der Waals surface area (Å²) in [6, 6.07) is 9.76. The van der Waals surface area contributed by atoms with Crippen LogP contribution in [0.4, 0.5) is 5.82 Å². The highest BCUT2D eigenvalue weighted by atomic mass is 16.5. The van der Waals surface area contributed by atoms with Gasteiger partial charge in [-0.1, -0.05) is 30.3 Å². The zero-order chi connectivity index (χ0) is 20.8. The van der Waals surface area contributed by atoms with Crippen LogP contribution in [0, 0.1) is 0 Å². The van der Waals surface area contributed by atoms with Crippen LogP contribution in [0.5, 0.6) is 0 Å². The molecule has 10 heteroatoms. The number of hydrogen-bond acceptors (Lipinski definition) is 8. The van der Waals surface area contributed by atoms with Crippen molar-refractivity contribution in [2.24, 2.45) is 5.73 Å². The number of aliphatic hydroxyl groups is 1. The molecule has 1 aliphatic carbocycles. The minimum atomic E-state index is -1.08. The molecule has 2 aromatic heterocycles. The molecule has 0 bridgehead atoms. The number of fused-ring (bicyclic) bond motifs is 1. The van der Waals surface area contributed by atoms with Gasteiger partial charge in [-0.15, -0.1) is 0 Å². The van der Waals surface area contributed by atoms with Crippen LogP contribution in [0.3, 0.4) is 0 Å². The molecular weight excluding hydrogens is 386 g/mol. The predicted octanol–water partition coefficient (Wildman–Crippen LogP) is 0.126. The van der Waals surface area contributed by atoms with Gasteiger partial charge in [-0.25, -0.2) is 15.0 Å². The third-order valence-corrected chi connectivity index (χ3v) is 5.80. The Bertz CT molecular complexity index is 1070. The first-order valence-electron chi connectivity index (χ1n) is 9.88. The van der Waals surface area contributed by atoms with Crippen LogP contribution in [-0.2, 0) is 9.53 Å². The van der Waals surface area contributed by atoms with Gasteiger partial charge in [0.15, 0.2) is 29.3 Å². The Hall–Kier alpha value is -3.08. The Morgan fingerprint density at radius 1 is 1.27 bits per heavy atom. The highest BCUT2D eigenvalue weighted by molar-refractivity contribution is 5.83. The number of benzene rings is 1. The van der Waals surface area contributed by atoms with Gasteiger partial charge in [0.05, 0.1) is 12.4 Å². The highest BCUT2D eigenvalue weighted by Crippen LogP contribution is 2.43. The van der Waals surface area contributed by atoms with Crippen molar-refractivity contribution in [2.45, 2.75) is 42.9 Å². The van der Waals surface area contributed by atoms with Crippen LogP contribution in [0.1, 0.15) is 24.1 Å². The molecule has 1 aliphatic heterocycles. The second-order valence-electron chi connectivity index (χ2n) is 7.68. The van der Waals surface area contributed by atoms with Crippen LogP contribution >= 0.6 is 0 Å². The Labute approximate surface area is 172 Å². The van der Waals surface area contributed by atoms with Crippen molar-refractivity contribution in [2.75, 3.05) is 12.4 Å². The van der Waals surface area contributed by atoms with Gasteiger partial charge in [0.2, 0.25) is 0 Å². The van der Waals surface area contributed by atoms with Crippen LogP contribution in [0.15, 0.2) is 43.0 Å². The molecule has 5 N–H and O–H groups in total. The molecule has 3 aromatic rings. The van der Waals surface area contributed by atoms with Gasteiger partial charge in [-0.05, 0) is 12.0 Å². The fraction of sp³-hybridized carbons (Fsp3) is 0.400. The minimum Gasteiger partial charge on any atom is -0.387 e. The van der Waals surface area contributed by atoms with E-state index in [4.69, 9.17) is 10.5 Å². The second-order valence-corrected chi connectivity index (χ2v) is 7.68. The smallest absolute Gasteiger partial charge is 0.250 e. The van der Waals surface area contributed by atoms with E-state index >= 15 is 0 Å². The maximum absolute atomic E-state index is 12.0. The van der Waals surface area contributed by atoms with Crippen LogP contribution in [-0.4, -0.2) is 61.9 Å². The topological polar surface area (TPSA) is 140 Å². The molecule has 156 valence electrons. The summed E-state index contributed by atoms with van der Waals surface area (Å²) in [5.41, 5.74) is 8.36. The van der Waals surface area contributed by atoms with Gasteiger partial charge in [-0.2, -0.15) is 0 Å². The highest BCUT2D eigenvalue weighted by Gasteiger charge is 2.46. The van der Waals surface area contributed by atoms with Crippen molar-refractivity contribution >= 4 is 22.9 Å². The number of anilines is 1. The first kappa shape index (κ1) is 18.9. The molecule has 2 aliphatic rings. The molecule has 2 unspecified atom stereocenters. The summed E-state index contributed by atoms with van der Waals surface area (Å²) in [5, 5.41) is 16.5. The van der Waals surface area contributed by atoms with Crippen molar-refractivity contribution in [3.8, 4) is 0 Å². The quantitative estimate of drug-likeness (QED) is 0.466. The van der Waals surface area contributed by atoms with Gasteiger partial charge in [-0.3, -0.25) is 9.36 Å². The third kappa shape index (κ3) is 3.09. The molecule has 10 nitrogen and oxygen atoms in total. The van der Waals surface area contributed by atoms with E-state index in [0.29, 0.717) is 22.9 Å². The number of nitrogens with zero attached hydrogens (tertiary/aromatic N) is 4. The second kappa shape index (κ2) is 7.31. The lowest BCUT2D eigenvalue weighted by atomic mass is 10.1. The van der Waals surface area contributed by atoms with Crippen LogP contribution < -0.4 is 16.4 Å². The third-order valence-electron chi connectivity index (χ3n) is 5.80. The lowest BCUT2D eigenvalue weighted by Gasteiger charge is -2.16. The summed E-state index contributed by atoms with van der Waals surface area (Å²) in [4.78, 5) is 25.1. The van der Waals surface area contributed by atoms with E-state index in [-0.39, 0.29) is 11.9 Å². The van der Waals surface area contributed by atoms with E-state index in [9.17, 15) is 9.90 Å². The Morgan fingerprint density at radius 3 is 2.83 bits per heavy atom. The normalized spacial score (nSPS) is 30.4. The molecule has 1 aromatic carbocycles. The molecule has 6 atom stereocenters. The number of nitrogens with one attached hydrogen (secondary N) is 2. The molecule has 1 amide bonds. The number of ether oxygens (including phenoxy) is 1. The summed E-state index contributed by atoms with van der Waals surface area (Å²) in [7, 11) is 1.50. The lowest BCUT2D eigenvalue weighted by Crippen LogP contribution is -2.46. The fourth-order valence-electron chi connectivity index (χ4n) is 4.04. The summed E-state index contributed by atoms with van der Waals surface area (Å²) in [5.74, 6) is 0.678. The van der Waals surface area contributed by atoms with Gasteiger partial charge in [0.25, 0.3) is 5.91 Å². The molecule has 30 heavy (non-hydrogen) atoms. The van der Waals surface area contributed by atoms with E-state index in [0.717, 1.165) is 6.42 Å². The maximum Gasteiger partial charge on any atom is 0.250 e. The molecule has 5 rings (SSSR count). The molecule has 0 spiro atoms. The summed E-state index contributed by atoms with van der Waals surface area (Å²) in [6.45, 7) is 0. The SMILES string of the molecule is CNC(=O)[C@H]1O[C@@H](n2cnc3c(NC4CC4c4ccccc4)ncnc32)[C@H](O)[C@@H]1N. The summed E-state index contributed by atoms with van der Waals surface area (Å²) in [6.07, 6.45) is 1.09. The maximum atomic E-state index is 12.0. The van der Waals surface area contributed by atoms with E-state index in [1.54, 1.807) is 4.57 Å². The van der Waals surface area contributed by atoms with Gasteiger partial charge < -0.3 is 26.2 Å². The van der Waals surface area contributed by atoms with Crippen molar-refractivity contribution in [1.82, 2.24) is 24.8 Å². The van der Waals surface area contributed by atoms with Crippen molar-refractivity contribution in [3.05, 3.63) is 48.5 Å². The van der Waals surface area contributed by atoms with E-state index in [1.807, 2.05) is 18.2 Å². The average molecular weight is 409 g/mol. The van der Waals surface area contributed by atoms with Crippen molar-refractivity contribution in [3.63, 3.8) is 0 Å². The first-order chi connectivity index (χ1) is 14.6. The van der Waals surface area contributed by atoms with Gasteiger partial charge in [0, 0.05) is 19.0 Å². The number of rotatable bonds is 5. The monoisotopic (exact) mass is 409 g/mol. The average Bonchev–Trinajstić information content (AvgIpc) is 3.31. The van der Waals surface area contributed by atoms with Gasteiger partial charge >= 0.3 is 0 Å². The number of hydrogen-bond donors (Lipinski definition) is 4. The molecule has 1 saturated heterocycles. The summed E-state index contributed by atoms with van der Waals surface area (Å²) < 4.78 is 7.35. The number of aromatic nitrogens is 4. The minimum absolute atomic E-state index is 0.273. The predicted molar refractivity (Wildman–Crippen MR) is 108 cm³/mol. The van der Waals surface area contributed by atoms with E-state index in [1.165, 1.54) is 25.3 Å². The Kier molecular flexibility index (Phi) is 4.61. The zero-order valence-electron chi connectivity index (χ0n) is 16.3. The van der Waals surface area contributed by atoms with E-state index < -0.39 is 24.5 Å². The first-order valence-corrected chi connectivity index (χ1v) is 9.88. The number of likely N-dealkylation sites (N-methyl/N-ethyl adjacent to an activating group) is 1. The van der Waals surface area contributed by atoms with Crippen molar-refractivity contribution in [1.29, 1.82) is 0 Å². The number of carbonyl (C=O) groups excluding carboxylic acids is 1. The number of nitrogens with two attached hydrogens (primary N) is 1. The number of aliphatic hydroxyl groups excluding tert-OH is 1. The van der Waals surface area contributed by atoms with Crippen LogP contribution in [0.2, 0.25) is 0 Å². The number of imidazole rings is 1. The summed E-state index contributed by atoms with van der Waals surface area (Å²) >= 11 is 0. The Balaban J connectivity index is 1.39. The van der Waals surface area contributed by atoms with E-state index in [2.05, 4.69) is 37.7 Å². The zero-order valence-corrected chi connectivity index (χ0v) is 16.3.